The fourth-order valence-electron chi connectivity index (χ4n) is 6.74. The zero-order chi connectivity index (χ0) is 30.5. The molecule has 4 N–H and O–H groups in total. The number of fused-ring (bicyclic) bond motifs is 1. The van der Waals surface area contributed by atoms with E-state index in [0.717, 1.165) is 18.4 Å². The van der Waals surface area contributed by atoms with Crippen LogP contribution in [0.3, 0.4) is 0 Å². The van der Waals surface area contributed by atoms with Crippen LogP contribution in [0.25, 0.3) is 16.8 Å². The van der Waals surface area contributed by atoms with Gasteiger partial charge in [0.1, 0.15) is 11.6 Å². The molecule has 3 heterocycles. The van der Waals surface area contributed by atoms with E-state index < -0.39 is 23.3 Å². The number of rotatable bonds is 6. The molecule has 226 valence electrons. The fourth-order valence-corrected chi connectivity index (χ4v) is 6.74. The second-order valence-corrected chi connectivity index (χ2v) is 11.8. The normalized spacial score (nSPS) is 23.0. The monoisotopic (exact) mass is 591 g/mol. The summed E-state index contributed by atoms with van der Waals surface area (Å²) >= 11 is 0. The van der Waals surface area contributed by atoms with Gasteiger partial charge in [-0.1, -0.05) is 6.92 Å². The number of methoxy groups -OCH3 is 1. The van der Waals surface area contributed by atoms with E-state index >= 15 is 8.78 Å². The standard InChI is InChI=1S/C31H35F2N7O3/c1-17-11-18(12-24(34)28(17)39(2)30(41)43-3)21-7-10-35-16-26(21)37-29-36-15-20-5-6-25(38-40(20)29)27-22(32)13-19(14-23(27)33)31(42)8-4-9-31/h5-7,10,13-18,24,28,42H,4,8-9,11-12,34H2,1-3H3,(H,36,37)/t17-,18+,24+,28-/m0/s1. The van der Waals surface area contributed by atoms with Crippen LogP contribution < -0.4 is 11.1 Å². The quantitative estimate of drug-likeness (QED) is 0.283. The molecule has 10 nitrogen and oxygen atoms in total. The van der Waals surface area contributed by atoms with Crippen molar-refractivity contribution in [2.45, 2.75) is 62.6 Å². The van der Waals surface area contributed by atoms with Crippen molar-refractivity contribution in [3.05, 3.63) is 71.7 Å². The smallest absolute Gasteiger partial charge is 0.409 e. The number of anilines is 2. The lowest BCUT2D eigenvalue weighted by molar-refractivity contribution is -0.0392. The molecule has 6 rings (SSSR count). The molecule has 0 bridgehead atoms. The highest BCUT2D eigenvalue weighted by molar-refractivity contribution is 5.68. The van der Waals surface area contributed by atoms with Crippen LogP contribution in [0.2, 0.25) is 0 Å². The average molecular weight is 592 g/mol. The first-order valence-corrected chi connectivity index (χ1v) is 14.4. The minimum atomic E-state index is -1.18. The number of hydrogen-bond acceptors (Lipinski definition) is 8. The molecular formula is C31H35F2N7O3. The number of imidazole rings is 1. The molecule has 0 spiro atoms. The first kappa shape index (κ1) is 28.9. The largest absolute Gasteiger partial charge is 0.453 e. The maximum atomic E-state index is 15.2. The number of hydrogen-bond donors (Lipinski definition) is 3. The van der Waals surface area contributed by atoms with E-state index in [2.05, 4.69) is 27.3 Å². The molecule has 12 heteroatoms. The van der Waals surface area contributed by atoms with E-state index in [1.807, 2.05) is 6.07 Å². The number of likely N-dealkylation sites (N-methyl/N-ethyl adjacent to an activating group) is 1. The molecule has 1 aromatic carbocycles. The molecule has 3 aromatic heterocycles. The molecule has 4 atom stereocenters. The van der Waals surface area contributed by atoms with Crippen LogP contribution in [0.15, 0.2) is 48.9 Å². The summed E-state index contributed by atoms with van der Waals surface area (Å²) < 4.78 is 36.9. The molecule has 0 radical (unpaired) electrons. The number of carbonyl (C=O) groups excluding carboxylic acids is 1. The molecule has 2 saturated carbocycles. The third-order valence-corrected chi connectivity index (χ3v) is 9.09. The Labute approximate surface area is 247 Å². The Morgan fingerprint density at radius 2 is 1.93 bits per heavy atom. The Bertz CT molecular complexity index is 1640. The first-order valence-electron chi connectivity index (χ1n) is 14.4. The average Bonchev–Trinajstić information content (AvgIpc) is 3.36. The highest BCUT2D eigenvalue weighted by Gasteiger charge is 2.40. The summed E-state index contributed by atoms with van der Waals surface area (Å²) in [6, 6.07) is 7.14. The Morgan fingerprint density at radius 1 is 1.19 bits per heavy atom. The second-order valence-electron chi connectivity index (χ2n) is 11.8. The lowest BCUT2D eigenvalue weighted by atomic mass is 9.73. The van der Waals surface area contributed by atoms with Crippen LogP contribution in [0.4, 0.5) is 25.2 Å². The van der Waals surface area contributed by atoms with E-state index in [9.17, 15) is 9.90 Å². The minimum absolute atomic E-state index is 0.0831. The number of carbonyl (C=O) groups is 1. The first-order chi connectivity index (χ1) is 20.6. The van der Waals surface area contributed by atoms with Crippen LogP contribution in [0, 0.1) is 17.6 Å². The van der Waals surface area contributed by atoms with Gasteiger partial charge in [0.2, 0.25) is 5.95 Å². The van der Waals surface area contributed by atoms with Gasteiger partial charge in [0.15, 0.2) is 0 Å². The van der Waals surface area contributed by atoms with E-state index in [0.29, 0.717) is 36.4 Å². The number of nitrogens with zero attached hydrogens (tertiary/aromatic N) is 5. The lowest BCUT2D eigenvalue weighted by Crippen LogP contribution is -2.55. The van der Waals surface area contributed by atoms with Gasteiger partial charge >= 0.3 is 6.09 Å². The highest BCUT2D eigenvalue weighted by atomic mass is 19.1. The van der Waals surface area contributed by atoms with Crippen molar-refractivity contribution in [2.75, 3.05) is 19.5 Å². The third kappa shape index (κ3) is 5.18. The van der Waals surface area contributed by atoms with Crippen LogP contribution in [0.1, 0.15) is 56.1 Å². The lowest BCUT2D eigenvalue weighted by Gasteiger charge is -2.43. The Hall–Kier alpha value is -4.16. The van der Waals surface area contributed by atoms with E-state index in [1.54, 1.807) is 42.7 Å². The molecule has 2 aliphatic carbocycles. The molecule has 0 saturated heterocycles. The number of ether oxygens (including phenoxy) is 1. The number of halogens is 2. The second kappa shape index (κ2) is 11.2. The Kier molecular flexibility index (Phi) is 7.51. The van der Waals surface area contributed by atoms with Gasteiger partial charge in [0, 0.05) is 19.3 Å². The summed E-state index contributed by atoms with van der Waals surface area (Å²) in [5.41, 5.74) is 7.81. The van der Waals surface area contributed by atoms with Gasteiger partial charge in [-0.15, -0.1) is 0 Å². The zero-order valence-corrected chi connectivity index (χ0v) is 24.3. The third-order valence-electron chi connectivity index (χ3n) is 9.09. The van der Waals surface area contributed by atoms with Gasteiger partial charge in [-0.3, -0.25) is 4.98 Å². The van der Waals surface area contributed by atoms with Gasteiger partial charge in [0.25, 0.3) is 0 Å². The molecule has 43 heavy (non-hydrogen) atoms. The summed E-state index contributed by atoms with van der Waals surface area (Å²) in [4.78, 5) is 22.5. The van der Waals surface area contributed by atoms with Gasteiger partial charge in [-0.05, 0) is 85.4 Å². The van der Waals surface area contributed by atoms with Crippen molar-refractivity contribution in [1.29, 1.82) is 0 Å². The molecule has 2 fully saturated rings. The summed E-state index contributed by atoms with van der Waals surface area (Å²) in [6.45, 7) is 2.08. The maximum absolute atomic E-state index is 15.2. The topological polar surface area (TPSA) is 131 Å². The van der Waals surface area contributed by atoms with E-state index in [-0.39, 0.29) is 40.7 Å². The van der Waals surface area contributed by atoms with E-state index in [1.165, 1.54) is 23.8 Å². The van der Waals surface area contributed by atoms with Crippen molar-refractivity contribution in [2.24, 2.45) is 11.7 Å². The molecule has 0 unspecified atom stereocenters. The minimum Gasteiger partial charge on any atom is -0.453 e. The van der Waals surface area contributed by atoms with Crippen molar-refractivity contribution in [1.82, 2.24) is 24.5 Å². The molecule has 2 aliphatic rings. The Balaban J connectivity index is 1.28. The number of aliphatic hydroxyl groups is 1. The summed E-state index contributed by atoms with van der Waals surface area (Å²) in [6.07, 6.45) is 7.82. The van der Waals surface area contributed by atoms with Crippen molar-refractivity contribution < 1.29 is 23.4 Å². The number of nitrogens with two attached hydrogens (primary N) is 1. The molecule has 1 amide bonds. The van der Waals surface area contributed by atoms with Crippen molar-refractivity contribution >= 4 is 23.2 Å². The fraction of sp³-hybridized carbons (Fsp3) is 0.419. The van der Waals surface area contributed by atoms with Crippen LogP contribution in [-0.4, -0.2) is 61.9 Å². The summed E-state index contributed by atoms with van der Waals surface area (Å²) in [5.74, 6) is -1.03. The summed E-state index contributed by atoms with van der Waals surface area (Å²) in [5, 5.41) is 18.4. The van der Waals surface area contributed by atoms with Crippen LogP contribution in [0.5, 0.6) is 0 Å². The van der Waals surface area contributed by atoms with E-state index in [4.69, 9.17) is 10.5 Å². The van der Waals surface area contributed by atoms with Crippen LogP contribution in [-0.2, 0) is 10.3 Å². The Morgan fingerprint density at radius 3 is 2.58 bits per heavy atom. The number of amides is 1. The summed E-state index contributed by atoms with van der Waals surface area (Å²) in [7, 11) is 3.07. The van der Waals surface area contributed by atoms with Crippen molar-refractivity contribution in [3.8, 4) is 11.3 Å². The SMILES string of the molecule is COC(=O)N(C)[C@@H]1[C@H](N)C[C@H](c2ccncc2Nc2ncc3ccc(-c4c(F)cc(C5(O)CCC5)cc4F)nn23)C[C@@H]1C. The van der Waals surface area contributed by atoms with Gasteiger partial charge in [-0.2, -0.15) is 9.61 Å². The molecular weight excluding hydrogens is 556 g/mol. The predicted molar refractivity (Wildman–Crippen MR) is 157 cm³/mol. The molecule has 4 aromatic rings. The number of pyridine rings is 1. The van der Waals surface area contributed by atoms with Gasteiger partial charge in [-0.25, -0.2) is 18.6 Å². The number of nitrogens with one attached hydrogen (secondary N) is 1. The van der Waals surface area contributed by atoms with Crippen LogP contribution >= 0.6 is 0 Å². The number of benzene rings is 1. The highest BCUT2D eigenvalue weighted by Crippen LogP contribution is 2.43. The number of aromatic nitrogens is 4. The maximum Gasteiger partial charge on any atom is 0.409 e. The zero-order valence-electron chi connectivity index (χ0n) is 24.3. The van der Waals surface area contributed by atoms with Gasteiger partial charge < -0.3 is 25.8 Å². The van der Waals surface area contributed by atoms with Gasteiger partial charge in [0.05, 0.1) is 53.6 Å². The molecule has 0 aliphatic heterocycles. The van der Waals surface area contributed by atoms with Crippen molar-refractivity contribution in [3.63, 3.8) is 0 Å². The predicted octanol–water partition coefficient (Wildman–Crippen LogP) is 5.09.